The third-order valence-corrected chi connectivity index (χ3v) is 4.13. The minimum Gasteiger partial charge on any atom is -0.444 e. The molecule has 19 heavy (non-hydrogen) atoms. The Bertz CT molecular complexity index is 377. The first kappa shape index (κ1) is 14.3. The molecule has 1 heterocycles. The van der Waals surface area contributed by atoms with E-state index in [0.29, 0.717) is 32.4 Å². The number of carbonyl (C=O) groups excluding carboxylic acids is 2. The first-order chi connectivity index (χ1) is 8.78. The van der Waals surface area contributed by atoms with Crippen LogP contribution in [0.15, 0.2) is 0 Å². The Morgan fingerprint density at radius 1 is 1.32 bits per heavy atom. The standard InChI is InChI=1S/C14H23NO4/c1-13(2,3)19-12(17)15-7-5-14(6-8-15)10(16)9-11(14)18-4/h11H,5-9H2,1-4H3. The number of piperidine rings is 1. The number of ketones is 1. The van der Waals surface area contributed by atoms with E-state index in [1.807, 2.05) is 20.8 Å². The first-order valence-electron chi connectivity index (χ1n) is 6.82. The molecular weight excluding hydrogens is 246 g/mol. The second kappa shape index (κ2) is 4.78. The maximum Gasteiger partial charge on any atom is 0.410 e. The number of Topliss-reactive ketones (excluding diaryl/α,β-unsaturated/α-hetero) is 1. The quantitative estimate of drug-likeness (QED) is 0.730. The highest BCUT2D eigenvalue weighted by Gasteiger charge is 2.56. The fourth-order valence-corrected chi connectivity index (χ4v) is 2.94. The molecule has 5 nitrogen and oxygen atoms in total. The van der Waals surface area contributed by atoms with Gasteiger partial charge in [0.2, 0.25) is 0 Å². The largest absolute Gasteiger partial charge is 0.444 e. The van der Waals surface area contributed by atoms with E-state index in [9.17, 15) is 9.59 Å². The van der Waals surface area contributed by atoms with E-state index >= 15 is 0 Å². The van der Waals surface area contributed by atoms with Crippen LogP contribution in [0, 0.1) is 5.41 Å². The molecule has 0 aromatic heterocycles. The van der Waals surface area contributed by atoms with Crippen molar-refractivity contribution in [1.29, 1.82) is 0 Å². The molecule has 1 atom stereocenters. The average molecular weight is 269 g/mol. The van der Waals surface area contributed by atoms with Gasteiger partial charge in [-0.1, -0.05) is 0 Å². The molecule has 2 aliphatic rings. The number of amides is 1. The summed E-state index contributed by atoms with van der Waals surface area (Å²) in [6, 6.07) is 0. The van der Waals surface area contributed by atoms with Crippen molar-refractivity contribution in [2.45, 2.75) is 51.7 Å². The van der Waals surface area contributed by atoms with Crippen LogP contribution in [0.3, 0.4) is 0 Å². The number of likely N-dealkylation sites (tertiary alicyclic amines) is 1. The lowest BCUT2D eigenvalue weighted by atomic mass is 9.59. The second-order valence-corrected chi connectivity index (χ2v) is 6.48. The van der Waals surface area contributed by atoms with Crippen LogP contribution in [-0.2, 0) is 14.3 Å². The average Bonchev–Trinajstić information content (AvgIpc) is 2.33. The molecule has 1 amide bonds. The molecule has 108 valence electrons. The first-order valence-corrected chi connectivity index (χ1v) is 6.82. The second-order valence-electron chi connectivity index (χ2n) is 6.48. The number of nitrogens with zero attached hydrogens (tertiary/aromatic N) is 1. The van der Waals surface area contributed by atoms with Gasteiger partial charge in [-0.25, -0.2) is 4.79 Å². The van der Waals surface area contributed by atoms with Crippen LogP contribution < -0.4 is 0 Å². The Labute approximate surface area is 114 Å². The number of rotatable bonds is 1. The lowest BCUT2D eigenvalue weighted by molar-refractivity contribution is -0.166. The number of carbonyl (C=O) groups is 2. The predicted octanol–water partition coefficient (Wildman–Crippen LogP) is 1.99. The van der Waals surface area contributed by atoms with E-state index in [1.54, 1.807) is 12.0 Å². The lowest BCUT2D eigenvalue weighted by Crippen LogP contribution is -2.60. The highest BCUT2D eigenvalue weighted by molar-refractivity contribution is 5.92. The molecule has 1 saturated carbocycles. The van der Waals surface area contributed by atoms with Gasteiger partial charge in [-0.05, 0) is 33.6 Å². The SMILES string of the molecule is COC1CC(=O)C12CCN(C(=O)OC(C)(C)C)CC2. The molecule has 0 radical (unpaired) electrons. The van der Waals surface area contributed by atoms with Gasteiger partial charge in [0.05, 0.1) is 11.5 Å². The zero-order valence-corrected chi connectivity index (χ0v) is 12.2. The van der Waals surface area contributed by atoms with Crippen LogP contribution in [0.25, 0.3) is 0 Å². The summed E-state index contributed by atoms with van der Waals surface area (Å²) in [4.78, 5) is 25.5. The van der Waals surface area contributed by atoms with E-state index < -0.39 is 5.60 Å². The molecule has 0 bridgehead atoms. The van der Waals surface area contributed by atoms with Crippen molar-refractivity contribution < 1.29 is 19.1 Å². The third-order valence-electron chi connectivity index (χ3n) is 4.13. The van der Waals surface area contributed by atoms with Gasteiger partial charge in [0.25, 0.3) is 0 Å². The lowest BCUT2D eigenvalue weighted by Gasteiger charge is -2.51. The minimum atomic E-state index is -0.479. The van der Waals surface area contributed by atoms with Crippen molar-refractivity contribution in [2.75, 3.05) is 20.2 Å². The summed E-state index contributed by atoms with van der Waals surface area (Å²) in [5.74, 6) is 0.281. The summed E-state index contributed by atoms with van der Waals surface area (Å²) in [6.45, 7) is 6.70. The molecule has 1 aliphatic carbocycles. The van der Waals surface area contributed by atoms with Gasteiger partial charge in [0.1, 0.15) is 11.4 Å². The third kappa shape index (κ3) is 2.61. The van der Waals surface area contributed by atoms with Crippen LogP contribution in [0.4, 0.5) is 4.79 Å². The summed E-state index contributed by atoms with van der Waals surface area (Å²) >= 11 is 0. The molecule has 1 unspecified atom stereocenters. The Balaban J connectivity index is 1.92. The van der Waals surface area contributed by atoms with Crippen molar-refractivity contribution in [1.82, 2.24) is 4.90 Å². The smallest absolute Gasteiger partial charge is 0.410 e. The van der Waals surface area contributed by atoms with Crippen LogP contribution >= 0.6 is 0 Å². The fourth-order valence-electron chi connectivity index (χ4n) is 2.94. The van der Waals surface area contributed by atoms with Gasteiger partial charge in [0.15, 0.2) is 0 Å². The number of hydrogen-bond acceptors (Lipinski definition) is 4. The molecule has 0 aromatic rings. The Kier molecular flexibility index (Phi) is 3.60. The Hall–Kier alpha value is -1.10. The maximum absolute atomic E-state index is 12.0. The fraction of sp³-hybridized carbons (Fsp3) is 0.857. The Morgan fingerprint density at radius 3 is 2.32 bits per heavy atom. The highest BCUT2D eigenvalue weighted by Crippen LogP contribution is 2.47. The van der Waals surface area contributed by atoms with E-state index in [-0.39, 0.29) is 23.4 Å². The molecular formula is C14H23NO4. The molecule has 1 aliphatic heterocycles. The van der Waals surface area contributed by atoms with E-state index in [4.69, 9.17) is 9.47 Å². The minimum absolute atomic E-state index is 0.0285. The normalized spacial score (nSPS) is 26.2. The van der Waals surface area contributed by atoms with E-state index in [2.05, 4.69) is 0 Å². The highest BCUT2D eigenvalue weighted by atomic mass is 16.6. The van der Waals surface area contributed by atoms with Gasteiger partial charge in [-0.2, -0.15) is 0 Å². The molecule has 2 rings (SSSR count). The van der Waals surface area contributed by atoms with Gasteiger partial charge in [0, 0.05) is 26.6 Å². The zero-order chi connectivity index (χ0) is 14.3. The molecule has 5 heteroatoms. The van der Waals surface area contributed by atoms with Gasteiger partial charge < -0.3 is 14.4 Å². The Morgan fingerprint density at radius 2 is 1.89 bits per heavy atom. The van der Waals surface area contributed by atoms with Crippen LogP contribution in [0.1, 0.15) is 40.0 Å². The summed E-state index contributed by atoms with van der Waals surface area (Å²) in [6.07, 6.45) is 1.62. The number of hydrogen-bond donors (Lipinski definition) is 0. The van der Waals surface area contributed by atoms with Gasteiger partial charge in [-0.3, -0.25) is 4.79 Å². The van der Waals surface area contributed by atoms with Crippen LogP contribution in [0.2, 0.25) is 0 Å². The van der Waals surface area contributed by atoms with Crippen molar-refractivity contribution >= 4 is 11.9 Å². The van der Waals surface area contributed by atoms with Crippen LogP contribution in [-0.4, -0.2) is 48.7 Å². The molecule has 0 N–H and O–H groups in total. The molecule has 2 fully saturated rings. The number of ether oxygens (including phenoxy) is 2. The summed E-state index contributed by atoms with van der Waals surface area (Å²) < 4.78 is 10.7. The topological polar surface area (TPSA) is 55.8 Å². The maximum atomic E-state index is 12.0. The summed E-state index contributed by atoms with van der Waals surface area (Å²) in [7, 11) is 1.65. The van der Waals surface area contributed by atoms with Crippen molar-refractivity contribution in [2.24, 2.45) is 5.41 Å². The van der Waals surface area contributed by atoms with Gasteiger partial charge >= 0.3 is 6.09 Å². The van der Waals surface area contributed by atoms with E-state index in [1.165, 1.54) is 0 Å². The van der Waals surface area contributed by atoms with Crippen LogP contribution in [0.5, 0.6) is 0 Å². The molecule has 0 aromatic carbocycles. The summed E-state index contributed by atoms with van der Waals surface area (Å²) in [5.41, 5.74) is -0.819. The predicted molar refractivity (Wildman–Crippen MR) is 69.9 cm³/mol. The van der Waals surface area contributed by atoms with Crippen molar-refractivity contribution in [3.8, 4) is 0 Å². The molecule has 1 spiro atoms. The monoisotopic (exact) mass is 269 g/mol. The molecule has 1 saturated heterocycles. The van der Waals surface area contributed by atoms with Gasteiger partial charge in [-0.15, -0.1) is 0 Å². The summed E-state index contributed by atoms with van der Waals surface area (Å²) in [5, 5.41) is 0. The van der Waals surface area contributed by atoms with Crippen molar-refractivity contribution in [3.63, 3.8) is 0 Å². The van der Waals surface area contributed by atoms with Crippen molar-refractivity contribution in [3.05, 3.63) is 0 Å². The number of methoxy groups -OCH3 is 1. The van der Waals surface area contributed by atoms with E-state index in [0.717, 1.165) is 0 Å². The zero-order valence-electron chi connectivity index (χ0n) is 12.2.